The predicted molar refractivity (Wildman–Crippen MR) is 608 cm³/mol. The highest BCUT2D eigenvalue weighted by molar-refractivity contribution is 6.34. The minimum absolute atomic E-state index is 0.0941. The molecule has 0 spiro atoms. The van der Waals surface area contributed by atoms with Gasteiger partial charge in [-0.3, -0.25) is 0 Å². The Labute approximate surface area is 819 Å². The van der Waals surface area contributed by atoms with E-state index >= 15 is 0 Å². The first-order valence-electron chi connectivity index (χ1n) is 49.6. The van der Waals surface area contributed by atoms with Gasteiger partial charge in [0.1, 0.15) is 0 Å². The van der Waals surface area contributed by atoms with Gasteiger partial charge in [-0.1, -0.05) is 453 Å². The fourth-order valence-electron chi connectivity index (χ4n) is 23.9. The van der Waals surface area contributed by atoms with Gasteiger partial charge in [-0.2, -0.15) is 0 Å². The molecule has 3 aromatic heterocycles. The number of para-hydroxylation sites is 6. The van der Waals surface area contributed by atoms with Crippen LogP contribution >= 0.6 is 0 Å². The van der Waals surface area contributed by atoms with Gasteiger partial charge in [0.05, 0.1) is 50.2 Å². The van der Waals surface area contributed by atoms with Gasteiger partial charge in [0, 0.05) is 64.6 Å². The van der Waals surface area contributed by atoms with E-state index in [4.69, 9.17) is 0 Å². The SMILES string of the molecule is CC(C)(C)c1ccc(-c2ccc3ccc4c(-c5ccc(C(C)(C)C)cc5)cc(-n5c6ccccc6c6ccccc65)c5ccc2c3c45)cc1.Cc1ccc(-c2ccc3ccc4c(-c5ccc(C)cc5)cc(-n5c6ccccc6c6ccccc65)c5ccc2c3c45)cc1.c1ccc2c(-c3ccc4ccc5c(-c6cccc7ccccc67)cc(-n6c7ccccc7c7ccccc76)c6ccc3c4c56)cccc2c1. The number of nitrogens with zero attached hydrogens (tertiary/aromatic N) is 3. The summed E-state index contributed by atoms with van der Waals surface area (Å²) in [5, 5.41) is 36.1. The van der Waals surface area contributed by atoms with Crippen molar-refractivity contribution in [3.8, 4) is 83.8 Å². The molecule has 0 bridgehead atoms. The summed E-state index contributed by atoms with van der Waals surface area (Å²) in [5.41, 5.74) is 31.6. The lowest BCUT2D eigenvalue weighted by Crippen LogP contribution is -2.10. The van der Waals surface area contributed by atoms with E-state index in [-0.39, 0.29) is 10.8 Å². The molecule has 0 saturated heterocycles. The van der Waals surface area contributed by atoms with Crippen molar-refractivity contribution in [2.24, 2.45) is 0 Å². The van der Waals surface area contributed by atoms with Crippen LogP contribution in [0, 0.1) is 13.8 Å². The third-order valence-corrected chi connectivity index (χ3v) is 30.8. The van der Waals surface area contributed by atoms with Crippen LogP contribution in [0.1, 0.15) is 63.8 Å². The minimum atomic E-state index is 0.0941. The highest BCUT2D eigenvalue weighted by Gasteiger charge is 2.29. The number of aromatic nitrogens is 3. The third kappa shape index (κ3) is 13.2. The minimum Gasteiger partial charge on any atom is -0.309 e. The molecule has 0 amide bonds. The van der Waals surface area contributed by atoms with Crippen LogP contribution in [-0.4, -0.2) is 13.7 Å². The van der Waals surface area contributed by atoms with E-state index < -0.39 is 0 Å². The van der Waals surface area contributed by atoms with Crippen LogP contribution < -0.4 is 0 Å². The first kappa shape index (κ1) is 83.2. The first-order chi connectivity index (χ1) is 69.1. The zero-order valence-electron chi connectivity index (χ0n) is 80.1. The number of hydrogen-bond donors (Lipinski definition) is 0. The molecule has 29 rings (SSSR count). The molecule has 666 valence electrons. The van der Waals surface area contributed by atoms with Gasteiger partial charge in [-0.15, -0.1) is 0 Å². The molecule has 0 aliphatic rings. The second-order valence-corrected chi connectivity index (χ2v) is 41.0. The Morgan fingerprint density at radius 1 is 0.149 bits per heavy atom. The summed E-state index contributed by atoms with van der Waals surface area (Å²) >= 11 is 0. The van der Waals surface area contributed by atoms with Crippen LogP contribution in [0.4, 0.5) is 0 Å². The average molecular weight is 1800 g/mol. The molecule has 0 saturated carbocycles. The molecule has 0 unspecified atom stereocenters. The molecule has 3 heterocycles. The Hall–Kier alpha value is -17.2. The van der Waals surface area contributed by atoms with E-state index in [0.717, 1.165) is 0 Å². The van der Waals surface area contributed by atoms with Gasteiger partial charge in [0.15, 0.2) is 0 Å². The lowest BCUT2D eigenvalue weighted by atomic mass is 9.83. The molecule has 0 fully saturated rings. The van der Waals surface area contributed by atoms with Crippen LogP contribution in [0.15, 0.2) is 455 Å². The van der Waals surface area contributed by atoms with Crippen molar-refractivity contribution in [1.29, 1.82) is 0 Å². The molecule has 0 radical (unpaired) electrons. The molecular weight excluding hydrogens is 1700 g/mol. The second-order valence-electron chi connectivity index (χ2n) is 41.0. The standard InChI is InChI=1S/C48H29N.C48H41N.C42H29N/c1-3-15-33-30(11-1)13-9-19-35(33)37-25-23-32-24-26-41-43(36-20-10-14-31-12-2-4-16-34(31)36)29-46(42-28-27-40(37)47(32)48(41)42)49-44-21-7-5-17-38(44)39-18-6-8-22-45(39)49;1-47(2,3)33-21-15-30(16-22-33)35-25-19-32-20-26-39-41(31-17-23-34(24-18-31)48(4,5)6)29-44(40-28-27-38(35)45(32)46(39)40)49-42-13-9-7-11-36(42)37-12-8-10-14-43(37)49;1-26-11-15-28(16-12-26)31-21-19-30-20-22-35-37(29-17-13-27(2)14-18-29)25-40(36-24-23-34(31)41(30)42(35)36)43-38-9-5-3-7-32(38)33-8-4-6-10-39(33)43/h1-29H;7-29H,1-6H3;3-25H,1-2H3. The summed E-state index contributed by atoms with van der Waals surface area (Å²) in [5.74, 6) is 0. The molecule has 0 atom stereocenters. The largest absolute Gasteiger partial charge is 0.309 e. The highest BCUT2D eigenvalue weighted by atomic mass is 15.0. The maximum Gasteiger partial charge on any atom is 0.0547 e. The van der Waals surface area contributed by atoms with Crippen molar-refractivity contribution in [3.05, 3.63) is 477 Å². The Bertz CT molecular complexity index is 9950. The summed E-state index contributed by atoms with van der Waals surface area (Å²) in [6, 6.07) is 170. The number of aryl methyl sites for hydroxylation is 2. The normalized spacial score (nSPS) is 12.3. The van der Waals surface area contributed by atoms with E-state index in [1.54, 1.807) is 0 Å². The second kappa shape index (κ2) is 32.2. The molecular formula is C138H99N3. The number of benzene rings is 26. The van der Waals surface area contributed by atoms with Crippen molar-refractivity contribution in [1.82, 2.24) is 13.7 Å². The molecule has 141 heavy (non-hydrogen) atoms. The van der Waals surface area contributed by atoms with Crippen molar-refractivity contribution >= 4 is 184 Å². The van der Waals surface area contributed by atoms with Crippen molar-refractivity contribution < 1.29 is 0 Å². The molecule has 29 aromatic rings. The smallest absolute Gasteiger partial charge is 0.0547 e. The van der Waals surface area contributed by atoms with Gasteiger partial charge in [0.2, 0.25) is 0 Å². The van der Waals surface area contributed by atoms with Crippen molar-refractivity contribution in [2.75, 3.05) is 0 Å². The molecule has 3 nitrogen and oxygen atoms in total. The van der Waals surface area contributed by atoms with E-state index in [1.165, 1.54) is 290 Å². The summed E-state index contributed by atoms with van der Waals surface area (Å²) < 4.78 is 7.47. The monoisotopic (exact) mass is 1800 g/mol. The van der Waals surface area contributed by atoms with E-state index in [1.807, 2.05) is 0 Å². The topological polar surface area (TPSA) is 14.8 Å². The van der Waals surface area contributed by atoms with Gasteiger partial charge in [-0.05, 0) is 243 Å². The van der Waals surface area contributed by atoms with Crippen molar-refractivity contribution in [2.45, 2.75) is 66.2 Å². The van der Waals surface area contributed by atoms with E-state index in [9.17, 15) is 0 Å². The van der Waals surface area contributed by atoms with Gasteiger partial charge < -0.3 is 13.7 Å². The fourth-order valence-corrected chi connectivity index (χ4v) is 23.9. The van der Waals surface area contributed by atoms with Crippen LogP contribution in [0.25, 0.3) is 268 Å². The fraction of sp³-hybridized carbons (Fsp3) is 0.0725. The Morgan fingerprint density at radius 3 is 0.709 bits per heavy atom. The van der Waals surface area contributed by atoms with E-state index in [2.05, 4.69) is 524 Å². The average Bonchev–Trinajstić information content (AvgIpc) is 1.58. The molecule has 0 aliphatic heterocycles. The molecule has 0 aliphatic carbocycles. The predicted octanol–water partition coefficient (Wildman–Crippen LogP) is 38.6. The number of rotatable bonds is 9. The molecule has 26 aromatic carbocycles. The first-order valence-corrected chi connectivity index (χ1v) is 49.6. The Kier molecular flexibility index (Phi) is 19.0. The maximum absolute atomic E-state index is 2.50. The summed E-state index contributed by atoms with van der Waals surface area (Å²) in [6.45, 7) is 18.0. The third-order valence-electron chi connectivity index (χ3n) is 30.8. The van der Waals surface area contributed by atoms with Crippen LogP contribution in [-0.2, 0) is 10.8 Å². The number of hydrogen-bond acceptors (Lipinski definition) is 0. The van der Waals surface area contributed by atoms with Crippen molar-refractivity contribution in [3.63, 3.8) is 0 Å². The highest BCUT2D eigenvalue weighted by Crippen LogP contribution is 2.53. The number of fused-ring (bicyclic) bond motifs is 11. The quantitative estimate of drug-likeness (QED) is 0.128. The lowest BCUT2D eigenvalue weighted by molar-refractivity contribution is 0.590. The van der Waals surface area contributed by atoms with Crippen LogP contribution in [0.3, 0.4) is 0 Å². The summed E-state index contributed by atoms with van der Waals surface area (Å²) in [4.78, 5) is 0. The molecule has 0 N–H and O–H groups in total. The van der Waals surface area contributed by atoms with Gasteiger partial charge in [-0.25, -0.2) is 0 Å². The Morgan fingerprint density at radius 2 is 0.376 bits per heavy atom. The lowest BCUT2D eigenvalue weighted by Gasteiger charge is -2.22. The zero-order valence-corrected chi connectivity index (χ0v) is 80.1. The van der Waals surface area contributed by atoms with E-state index in [0.29, 0.717) is 0 Å². The maximum atomic E-state index is 2.50. The Balaban J connectivity index is 0.000000106. The molecule has 3 heteroatoms. The van der Waals surface area contributed by atoms with Crippen LogP contribution in [0.5, 0.6) is 0 Å². The summed E-state index contributed by atoms with van der Waals surface area (Å²) in [6.07, 6.45) is 0. The van der Waals surface area contributed by atoms with Gasteiger partial charge in [0.25, 0.3) is 0 Å². The van der Waals surface area contributed by atoms with Gasteiger partial charge >= 0.3 is 0 Å². The van der Waals surface area contributed by atoms with Crippen LogP contribution in [0.2, 0.25) is 0 Å². The zero-order chi connectivity index (χ0) is 94.4. The summed E-state index contributed by atoms with van der Waals surface area (Å²) in [7, 11) is 0.